The second kappa shape index (κ2) is 8.26. The van der Waals surface area contributed by atoms with E-state index in [1.54, 1.807) is 12.4 Å². The van der Waals surface area contributed by atoms with Crippen LogP contribution in [0, 0.1) is 13.8 Å². The molecule has 3 aromatic rings. The summed E-state index contributed by atoms with van der Waals surface area (Å²) in [5.41, 5.74) is 13.7. The van der Waals surface area contributed by atoms with Crippen LogP contribution in [0.2, 0.25) is 0 Å². The van der Waals surface area contributed by atoms with E-state index in [1.165, 1.54) is 5.01 Å². The van der Waals surface area contributed by atoms with Gasteiger partial charge in [-0.2, -0.15) is 5.10 Å². The number of hydrogen-bond donors (Lipinski definition) is 3. The summed E-state index contributed by atoms with van der Waals surface area (Å²) in [7, 11) is 0. The van der Waals surface area contributed by atoms with E-state index >= 15 is 0 Å². The molecule has 0 saturated carbocycles. The smallest absolute Gasteiger partial charge is 0.337 e. The van der Waals surface area contributed by atoms with Gasteiger partial charge in [-0.25, -0.2) is 19.5 Å². The molecule has 0 unspecified atom stereocenters. The van der Waals surface area contributed by atoms with Crippen molar-refractivity contribution < 1.29 is 4.79 Å². The molecule has 0 radical (unpaired) electrons. The fraction of sp³-hybridized carbons (Fsp3) is 0.190. The summed E-state index contributed by atoms with van der Waals surface area (Å²) in [6.07, 6.45) is 7.16. The number of hydrazine groups is 2. The Morgan fingerprint density at radius 2 is 2.07 bits per heavy atom. The number of rotatable bonds is 5. The van der Waals surface area contributed by atoms with Gasteiger partial charge in [-0.15, -0.1) is 5.53 Å². The van der Waals surface area contributed by atoms with Crippen molar-refractivity contribution in [3.8, 4) is 5.69 Å². The first kappa shape index (κ1) is 19.5. The SMILES string of the molecule is Cc1cc(N)nc(C)c1CNC(=O)N1C=CN(Cc2cccc(-n3cccn3)c2)N1. The molecule has 4 rings (SSSR count). The van der Waals surface area contributed by atoms with Gasteiger partial charge < -0.3 is 11.1 Å². The molecule has 1 aromatic carbocycles. The number of amides is 2. The summed E-state index contributed by atoms with van der Waals surface area (Å²) in [6.45, 7) is 4.81. The standard InChI is InChI=1S/C21H24N8O/c1-15-11-20(22)25-16(2)19(15)13-23-21(30)29-10-9-27(26-29)14-17-5-3-6-18(12-17)28-8-4-7-24-28/h3-12,26H,13-14H2,1-2H3,(H2,22,25)(H,23,30). The van der Waals surface area contributed by atoms with Gasteiger partial charge in [0.1, 0.15) is 5.82 Å². The first-order valence-corrected chi connectivity index (χ1v) is 9.59. The predicted octanol–water partition coefficient (Wildman–Crippen LogP) is 2.38. The largest absolute Gasteiger partial charge is 0.384 e. The number of benzene rings is 1. The van der Waals surface area contributed by atoms with Crippen LogP contribution in [-0.2, 0) is 13.1 Å². The molecule has 3 heterocycles. The highest BCUT2D eigenvalue weighted by Crippen LogP contribution is 2.15. The van der Waals surface area contributed by atoms with Gasteiger partial charge in [0.2, 0.25) is 0 Å². The monoisotopic (exact) mass is 404 g/mol. The number of aryl methyl sites for hydroxylation is 2. The van der Waals surface area contributed by atoms with Gasteiger partial charge >= 0.3 is 6.03 Å². The van der Waals surface area contributed by atoms with Crippen molar-refractivity contribution in [2.75, 3.05) is 5.73 Å². The molecule has 2 aromatic heterocycles. The molecule has 9 nitrogen and oxygen atoms in total. The third-order valence-corrected chi connectivity index (χ3v) is 4.87. The van der Waals surface area contributed by atoms with E-state index < -0.39 is 0 Å². The number of nitrogens with zero attached hydrogens (tertiary/aromatic N) is 5. The van der Waals surface area contributed by atoms with Crippen molar-refractivity contribution in [2.24, 2.45) is 0 Å². The number of pyridine rings is 1. The maximum absolute atomic E-state index is 12.5. The Labute approximate surface area is 174 Å². The zero-order chi connectivity index (χ0) is 21.1. The minimum Gasteiger partial charge on any atom is -0.384 e. The molecule has 0 bridgehead atoms. The Kier molecular flexibility index (Phi) is 5.36. The minimum atomic E-state index is -0.255. The van der Waals surface area contributed by atoms with Crippen molar-refractivity contribution in [1.82, 2.24) is 35.6 Å². The lowest BCUT2D eigenvalue weighted by atomic mass is 10.1. The topological polar surface area (TPSA) is 104 Å². The number of aromatic nitrogens is 3. The normalized spacial score (nSPS) is 13.1. The molecule has 154 valence electrons. The highest BCUT2D eigenvalue weighted by Gasteiger charge is 2.19. The lowest BCUT2D eigenvalue weighted by Crippen LogP contribution is -2.46. The molecule has 0 atom stereocenters. The first-order chi connectivity index (χ1) is 14.5. The van der Waals surface area contributed by atoms with Crippen molar-refractivity contribution in [2.45, 2.75) is 26.9 Å². The Morgan fingerprint density at radius 3 is 2.83 bits per heavy atom. The Morgan fingerprint density at radius 1 is 1.20 bits per heavy atom. The van der Waals surface area contributed by atoms with E-state index in [0.717, 1.165) is 28.1 Å². The third-order valence-electron chi connectivity index (χ3n) is 4.87. The van der Waals surface area contributed by atoms with Crippen LogP contribution in [0.3, 0.4) is 0 Å². The van der Waals surface area contributed by atoms with Crippen molar-refractivity contribution >= 4 is 11.8 Å². The average molecular weight is 404 g/mol. The number of urea groups is 1. The number of nitrogen functional groups attached to an aromatic ring is 1. The number of carbonyl (C=O) groups is 1. The van der Waals surface area contributed by atoms with Crippen LogP contribution in [0.1, 0.15) is 22.4 Å². The summed E-state index contributed by atoms with van der Waals surface area (Å²) >= 11 is 0. The van der Waals surface area contributed by atoms with Gasteiger partial charge in [0.25, 0.3) is 0 Å². The van der Waals surface area contributed by atoms with Gasteiger partial charge in [0, 0.05) is 37.0 Å². The lowest BCUT2D eigenvalue weighted by Gasteiger charge is -2.22. The highest BCUT2D eigenvalue weighted by atomic mass is 16.2. The van der Waals surface area contributed by atoms with Crippen LogP contribution in [-0.4, -0.2) is 30.8 Å². The van der Waals surface area contributed by atoms with Gasteiger partial charge in [0.15, 0.2) is 0 Å². The first-order valence-electron chi connectivity index (χ1n) is 9.59. The summed E-state index contributed by atoms with van der Waals surface area (Å²) in [5, 5.41) is 10.4. The van der Waals surface area contributed by atoms with Crippen LogP contribution in [0.4, 0.5) is 10.6 Å². The maximum atomic E-state index is 12.5. The second-order valence-electron chi connectivity index (χ2n) is 7.10. The van der Waals surface area contributed by atoms with Crippen LogP contribution in [0.5, 0.6) is 0 Å². The summed E-state index contributed by atoms with van der Waals surface area (Å²) in [4.78, 5) is 16.8. The highest BCUT2D eigenvalue weighted by molar-refractivity contribution is 5.75. The number of carbonyl (C=O) groups excluding carboxylic acids is 1. The molecule has 30 heavy (non-hydrogen) atoms. The van der Waals surface area contributed by atoms with Crippen molar-refractivity contribution in [3.63, 3.8) is 0 Å². The fourth-order valence-corrected chi connectivity index (χ4v) is 3.37. The number of anilines is 1. The molecule has 0 spiro atoms. The summed E-state index contributed by atoms with van der Waals surface area (Å²) in [6, 6.07) is 11.5. The molecule has 1 aliphatic heterocycles. The molecule has 9 heteroatoms. The lowest BCUT2D eigenvalue weighted by molar-refractivity contribution is 0.138. The van der Waals surface area contributed by atoms with Gasteiger partial charge in [-0.05, 0) is 54.8 Å². The Balaban J connectivity index is 1.33. The van der Waals surface area contributed by atoms with Crippen LogP contribution in [0.25, 0.3) is 5.69 Å². The van der Waals surface area contributed by atoms with Gasteiger partial charge in [-0.1, -0.05) is 12.1 Å². The van der Waals surface area contributed by atoms with Crippen molar-refractivity contribution in [1.29, 1.82) is 0 Å². The van der Waals surface area contributed by atoms with E-state index in [0.29, 0.717) is 18.9 Å². The Bertz CT molecular complexity index is 1050. The molecule has 4 N–H and O–H groups in total. The van der Waals surface area contributed by atoms with Gasteiger partial charge in [0.05, 0.1) is 12.2 Å². The van der Waals surface area contributed by atoms with E-state index in [-0.39, 0.29) is 6.03 Å². The van der Waals surface area contributed by atoms with Crippen LogP contribution in [0.15, 0.2) is 61.2 Å². The summed E-state index contributed by atoms with van der Waals surface area (Å²) < 4.78 is 1.81. The van der Waals surface area contributed by atoms with Gasteiger partial charge in [-0.3, -0.25) is 5.01 Å². The maximum Gasteiger partial charge on any atom is 0.337 e. The third kappa shape index (κ3) is 4.26. The zero-order valence-corrected chi connectivity index (χ0v) is 16.9. The fourth-order valence-electron chi connectivity index (χ4n) is 3.37. The minimum absolute atomic E-state index is 0.255. The zero-order valence-electron chi connectivity index (χ0n) is 16.9. The molecule has 0 saturated heterocycles. The molecule has 0 aliphatic carbocycles. The van der Waals surface area contributed by atoms with E-state index in [2.05, 4.69) is 27.0 Å². The Hall–Kier alpha value is -3.85. The molecule has 1 aliphatic rings. The quantitative estimate of drug-likeness (QED) is 0.603. The molecule has 2 amide bonds. The average Bonchev–Trinajstić information content (AvgIpc) is 3.39. The predicted molar refractivity (Wildman–Crippen MR) is 114 cm³/mol. The molecular weight excluding hydrogens is 380 g/mol. The van der Waals surface area contributed by atoms with Crippen LogP contribution < -0.4 is 16.6 Å². The van der Waals surface area contributed by atoms with E-state index in [1.807, 2.05) is 66.3 Å². The second-order valence-corrected chi connectivity index (χ2v) is 7.10. The molecular formula is C21H24N8O. The number of nitrogens with two attached hydrogens (primary N) is 1. The van der Waals surface area contributed by atoms with E-state index in [9.17, 15) is 4.79 Å². The number of hydrogen-bond acceptors (Lipinski definition) is 6. The number of nitrogens with one attached hydrogen (secondary N) is 2. The summed E-state index contributed by atoms with van der Waals surface area (Å²) in [5.74, 6) is 0.483. The van der Waals surface area contributed by atoms with E-state index in [4.69, 9.17) is 5.73 Å². The van der Waals surface area contributed by atoms with Crippen molar-refractivity contribution in [3.05, 3.63) is 83.6 Å². The van der Waals surface area contributed by atoms with Crippen LogP contribution >= 0.6 is 0 Å². The molecule has 0 fully saturated rings.